The van der Waals surface area contributed by atoms with E-state index in [4.69, 9.17) is 0 Å². The Balaban J connectivity index is 2.23. The molecule has 1 amide bonds. The van der Waals surface area contributed by atoms with Gasteiger partial charge in [-0.15, -0.1) is 0 Å². The Kier molecular flexibility index (Phi) is 5.35. The standard InChI is InChI=1S/C16H16F3N5O/c1-4-20-11(3)23-14(25)8-24-9-22-15(10(24)2)12-5-6-21-13(7-12)16(17,18)19/h4-7,9H,1,8H2,2-3H3,(H,20,23,25). The van der Waals surface area contributed by atoms with E-state index in [-0.39, 0.29) is 18.0 Å². The summed E-state index contributed by atoms with van der Waals surface area (Å²) in [6.45, 7) is 6.67. The maximum Gasteiger partial charge on any atom is 0.433 e. The quantitative estimate of drug-likeness (QED) is 0.680. The number of rotatable bonds is 4. The summed E-state index contributed by atoms with van der Waals surface area (Å²) in [5, 5.41) is 2.57. The van der Waals surface area contributed by atoms with Crippen LogP contribution in [0.5, 0.6) is 0 Å². The SMILES string of the molecule is C=CN=C(C)NC(=O)Cn1cnc(-c2ccnc(C(F)(F)F)c2)c1C. The highest BCUT2D eigenvalue weighted by Gasteiger charge is 2.32. The normalized spacial score (nSPS) is 12.1. The van der Waals surface area contributed by atoms with E-state index in [1.807, 2.05) is 0 Å². The third-order valence-corrected chi connectivity index (χ3v) is 3.34. The average molecular weight is 351 g/mol. The Hall–Kier alpha value is -2.97. The molecule has 0 aromatic carbocycles. The van der Waals surface area contributed by atoms with Gasteiger partial charge in [-0.3, -0.25) is 9.78 Å². The molecule has 2 rings (SSSR count). The van der Waals surface area contributed by atoms with Gasteiger partial charge in [-0.2, -0.15) is 13.2 Å². The minimum atomic E-state index is -4.53. The maximum absolute atomic E-state index is 12.8. The summed E-state index contributed by atoms with van der Waals surface area (Å²) in [7, 11) is 0. The lowest BCUT2D eigenvalue weighted by molar-refractivity contribution is -0.141. The van der Waals surface area contributed by atoms with Crippen molar-refractivity contribution >= 4 is 11.7 Å². The smallest absolute Gasteiger partial charge is 0.325 e. The number of aliphatic imine (C=N–C) groups is 1. The topological polar surface area (TPSA) is 72.2 Å². The molecule has 1 N–H and O–H groups in total. The summed E-state index contributed by atoms with van der Waals surface area (Å²) in [5.74, 6) is 0.0582. The van der Waals surface area contributed by atoms with Crippen LogP contribution in [0.15, 0.2) is 42.4 Å². The van der Waals surface area contributed by atoms with Crippen molar-refractivity contribution in [2.45, 2.75) is 26.6 Å². The van der Waals surface area contributed by atoms with Crippen LogP contribution in [-0.4, -0.2) is 26.3 Å². The molecule has 0 unspecified atom stereocenters. The molecule has 9 heteroatoms. The van der Waals surface area contributed by atoms with Crippen molar-refractivity contribution in [1.29, 1.82) is 0 Å². The van der Waals surface area contributed by atoms with Gasteiger partial charge >= 0.3 is 6.18 Å². The molecule has 2 aromatic heterocycles. The summed E-state index contributed by atoms with van der Waals surface area (Å²) in [6, 6.07) is 2.37. The molecule has 0 atom stereocenters. The minimum Gasteiger partial charge on any atom is -0.325 e. The van der Waals surface area contributed by atoms with Gasteiger partial charge in [0.15, 0.2) is 0 Å². The Bertz CT molecular complexity index is 823. The van der Waals surface area contributed by atoms with Crippen molar-refractivity contribution in [2.24, 2.45) is 4.99 Å². The summed E-state index contributed by atoms with van der Waals surface area (Å²) < 4.78 is 39.9. The van der Waals surface area contributed by atoms with Crippen LogP contribution in [0.3, 0.4) is 0 Å². The van der Waals surface area contributed by atoms with Gasteiger partial charge in [0.1, 0.15) is 18.1 Å². The lowest BCUT2D eigenvalue weighted by Gasteiger charge is -2.08. The van der Waals surface area contributed by atoms with E-state index < -0.39 is 11.9 Å². The molecular formula is C16H16F3N5O. The second-order valence-electron chi connectivity index (χ2n) is 5.18. The van der Waals surface area contributed by atoms with Crippen LogP contribution in [0.2, 0.25) is 0 Å². The number of halogens is 3. The van der Waals surface area contributed by atoms with Crippen LogP contribution in [0, 0.1) is 6.92 Å². The largest absolute Gasteiger partial charge is 0.433 e. The molecule has 0 saturated carbocycles. The first-order valence-corrected chi connectivity index (χ1v) is 7.23. The first-order chi connectivity index (χ1) is 11.7. The van der Waals surface area contributed by atoms with Gasteiger partial charge in [-0.1, -0.05) is 6.58 Å². The molecule has 0 radical (unpaired) electrons. The fourth-order valence-corrected chi connectivity index (χ4v) is 2.18. The number of hydrogen-bond acceptors (Lipinski definition) is 4. The van der Waals surface area contributed by atoms with E-state index in [2.05, 4.69) is 26.9 Å². The van der Waals surface area contributed by atoms with E-state index in [1.54, 1.807) is 18.4 Å². The zero-order valence-electron chi connectivity index (χ0n) is 13.6. The number of nitrogens with zero attached hydrogens (tertiary/aromatic N) is 4. The molecule has 0 saturated heterocycles. The molecule has 132 valence electrons. The maximum atomic E-state index is 12.8. The fraction of sp³-hybridized carbons (Fsp3) is 0.250. The Morgan fingerprint density at radius 3 is 2.80 bits per heavy atom. The van der Waals surface area contributed by atoms with Gasteiger partial charge in [0.05, 0.1) is 12.0 Å². The molecule has 0 bridgehead atoms. The second-order valence-corrected chi connectivity index (χ2v) is 5.18. The van der Waals surface area contributed by atoms with Crippen LogP contribution < -0.4 is 5.32 Å². The highest BCUT2D eigenvalue weighted by atomic mass is 19.4. The zero-order valence-corrected chi connectivity index (χ0v) is 13.6. The van der Waals surface area contributed by atoms with Crippen molar-refractivity contribution in [1.82, 2.24) is 19.9 Å². The van der Waals surface area contributed by atoms with Gasteiger partial charge < -0.3 is 9.88 Å². The first kappa shape index (κ1) is 18.4. The number of nitrogens with one attached hydrogen (secondary N) is 1. The zero-order chi connectivity index (χ0) is 18.6. The number of carbonyl (C=O) groups is 1. The van der Waals surface area contributed by atoms with E-state index in [1.165, 1.54) is 18.6 Å². The molecule has 2 heterocycles. The number of carbonyl (C=O) groups excluding carboxylic acids is 1. The van der Waals surface area contributed by atoms with Crippen LogP contribution >= 0.6 is 0 Å². The molecule has 6 nitrogen and oxygen atoms in total. The van der Waals surface area contributed by atoms with Crippen LogP contribution in [-0.2, 0) is 17.5 Å². The molecule has 0 aliphatic heterocycles. The Labute approximate surface area is 142 Å². The summed E-state index contributed by atoms with van der Waals surface area (Å²) in [5.41, 5.74) is 0.210. The number of hydrogen-bond donors (Lipinski definition) is 1. The highest BCUT2D eigenvalue weighted by molar-refractivity contribution is 5.97. The van der Waals surface area contributed by atoms with E-state index >= 15 is 0 Å². The molecule has 0 aliphatic rings. The van der Waals surface area contributed by atoms with E-state index in [9.17, 15) is 18.0 Å². The third kappa shape index (κ3) is 4.52. The fourth-order valence-electron chi connectivity index (χ4n) is 2.18. The number of amidine groups is 1. The van der Waals surface area contributed by atoms with Gasteiger partial charge in [0.2, 0.25) is 5.91 Å². The predicted octanol–water partition coefficient (Wildman–Crippen LogP) is 2.95. The second kappa shape index (κ2) is 7.29. The van der Waals surface area contributed by atoms with Gasteiger partial charge in [-0.05, 0) is 26.0 Å². The molecule has 0 aliphatic carbocycles. The molecular weight excluding hydrogens is 335 g/mol. The first-order valence-electron chi connectivity index (χ1n) is 7.23. The molecule has 0 fully saturated rings. The summed E-state index contributed by atoms with van der Waals surface area (Å²) >= 11 is 0. The van der Waals surface area contributed by atoms with E-state index in [0.717, 1.165) is 12.3 Å². The number of alkyl halides is 3. The lowest BCUT2D eigenvalue weighted by atomic mass is 10.1. The monoisotopic (exact) mass is 351 g/mol. The van der Waals surface area contributed by atoms with Crippen molar-refractivity contribution in [2.75, 3.05) is 0 Å². The summed E-state index contributed by atoms with van der Waals surface area (Å²) in [4.78, 5) is 23.2. The number of pyridine rings is 1. The highest BCUT2D eigenvalue weighted by Crippen LogP contribution is 2.30. The van der Waals surface area contributed by atoms with Gasteiger partial charge in [-0.25, -0.2) is 9.98 Å². The Morgan fingerprint density at radius 2 is 2.16 bits per heavy atom. The van der Waals surface area contributed by atoms with Crippen LogP contribution in [0.25, 0.3) is 11.3 Å². The van der Waals surface area contributed by atoms with E-state index in [0.29, 0.717) is 17.2 Å². The van der Waals surface area contributed by atoms with Crippen molar-refractivity contribution in [3.05, 3.63) is 48.8 Å². The van der Waals surface area contributed by atoms with Gasteiger partial charge in [0, 0.05) is 23.7 Å². The molecule has 0 spiro atoms. The van der Waals surface area contributed by atoms with Crippen molar-refractivity contribution in [3.8, 4) is 11.3 Å². The van der Waals surface area contributed by atoms with Crippen molar-refractivity contribution < 1.29 is 18.0 Å². The number of amides is 1. The lowest BCUT2D eigenvalue weighted by Crippen LogP contribution is -2.31. The van der Waals surface area contributed by atoms with Crippen LogP contribution in [0.4, 0.5) is 13.2 Å². The molecule has 25 heavy (non-hydrogen) atoms. The van der Waals surface area contributed by atoms with Crippen LogP contribution in [0.1, 0.15) is 18.3 Å². The van der Waals surface area contributed by atoms with Crippen molar-refractivity contribution in [3.63, 3.8) is 0 Å². The predicted molar refractivity (Wildman–Crippen MR) is 86.6 cm³/mol. The Morgan fingerprint density at radius 1 is 1.44 bits per heavy atom. The van der Waals surface area contributed by atoms with Gasteiger partial charge in [0.25, 0.3) is 0 Å². The number of imidazole rings is 1. The molecule has 2 aromatic rings. The minimum absolute atomic E-state index is 0.0416. The summed E-state index contributed by atoms with van der Waals surface area (Å²) in [6.07, 6.45) is -0.747. The third-order valence-electron chi connectivity index (χ3n) is 3.34. The average Bonchev–Trinajstić information content (AvgIpc) is 2.87. The number of aromatic nitrogens is 3.